The fourth-order valence-corrected chi connectivity index (χ4v) is 4.32. The summed E-state index contributed by atoms with van der Waals surface area (Å²) in [5.74, 6) is -0.386. The molecule has 0 aromatic heterocycles. The maximum Gasteiger partial charge on any atom is 0.332 e. The Morgan fingerprint density at radius 3 is 1.83 bits per heavy atom. The maximum absolute atomic E-state index is 11.7. The molecule has 0 aliphatic rings. The molecule has 0 radical (unpaired) electrons. The predicted octanol–water partition coefficient (Wildman–Crippen LogP) is 2.14. The van der Waals surface area contributed by atoms with Gasteiger partial charge in [0, 0.05) is 0 Å². The van der Waals surface area contributed by atoms with Gasteiger partial charge in [-0.15, -0.1) is 0 Å². The van der Waals surface area contributed by atoms with E-state index in [1.165, 1.54) is 0 Å². The number of sulfonamides is 1. The van der Waals surface area contributed by atoms with Crippen molar-refractivity contribution in [3.05, 3.63) is 0 Å². The summed E-state index contributed by atoms with van der Waals surface area (Å²) in [5, 5.41) is 4.70. The highest BCUT2D eigenvalue weighted by Gasteiger charge is 2.50. The molecular formula is C9H19Cl2NO4S2. The van der Waals surface area contributed by atoms with E-state index in [0.29, 0.717) is 12.8 Å². The van der Waals surface area contributed by atoms with Crippen molar-refractivity contribution in [1.29, 1.82) is 0 Å². The van der Waals surface area contributed by atoms with Gasteiger partial charge < -0.3 is 0 Å². The van der Waals surface area contributed by atoms with Crippen LogP contribution in [0.2, 0.25) is 0 Å². The lowest BCUT2D eigenvalue weighted by atomic mass is 10.1. The molecule has 0 saturated heterocycles. The van der Waals surface area contributed by atoms with Crippen LogP contribution in [-0.4, -0.2) is 25.6 Å². The van der Waals surface area contributed by atoms with Crippen LogP contribution in [0.25, 0.3) is 0 Å². The molecule has 110 valence electrons. The van der Waals surface area contributed by atoms with Crippen LogP contribution in [0.5, 0.6) is 0 Å². The summed E-state index contributed by atoms with van der Waals surface area (Å²) < 4.78 is 42.4. The summed E-state index contributed by atoms with van der Waals surface area (Å²) in [6, 6.07) is 0. The molecule has 0 saturated carbocycles. The van der Waals surface area contributed by atoms with Crippen molar-refractivity contribution in [2.75, 3.05) is 5.75 Å². The second-order valence-electron chi connectivity index (χ2n) is 4.10. The van der Waals surface area contributed by atoms with Gasteiger partial charge in [-0.1, -0.05) is 62.2 Å². The van der Waals surface area contributed by atoms with Crippen LogP contribution in [0.3, 0.4) is 0 Å². The molecule has 0 aliphatic heterocycles. The number of hydrogen-bond donors (Lipinski definition) is 1. The lowest BCUT2D eigenvalue weighted by Crippen LogP contribution is -2.41. The van der Waals surface area contributed by atoms with Gasteiger partial charge in [0.15, 0.2) is 0 Å². The molecule has 0 aliphatic carbocycles. The van der Waals surface area contributed by atoms with E-state index < -0.39 is 22.9 Å². The zero-order valence-electron chi connectivity index (χ0n) is 10.2. The maximum atomic E-state index is 11.7. The van der Waals surface area contributed by atoms with E-state index in [2.05, 4.69) is 6.92 Å². The first-order valence-electron chi connectivity index (χ1n) is 5.68. The molecule has 0 heterocycles. The van der Waals surface area contributed by atoms with E-state index in [9.17, 15) is 16.8 Å². The first-order chi connectivity index (χ1) is 8.06. The van der Waals surface area contributed by atoms with Crippen molar-refractivity contribution in [2.24, 2.45) is 5.14 Å². The van der Waals surface area contributed by atoms with E-state index in [-0.39, 0.29) is 5.75 Å². The predicted molar refractivity (Wildman–Crippen MR) is 74.7 cm³/mol. The summed E-state index contributed by atoms with van der Waals surface area (Å²) in [6.45, 7) is 2.08. The molecule has 0 bridgehead atoms. The smallest absolute Gasteiger partial charge is 0.225 e. The average Bonchev–Trinajstić information content (AvgIpc) is 2.21. The van der Waals surface area contributed by atoms with E-state index in [1.807, 2.05) is 0 Å². The van der Waals surface area contributed by atoms with E-state index in [4.69, 9.17) is 28.3 Å². The number of alkyl halides is 2. The van der Waals surface area contributed by atoms with Gasteiger partial charge in [0.05, 0.1) is 5.75 Å². The third-order valence-corrected chi connectivity index (χ3v) is 8.83. The molecular weight excluding hydrogens is 321 g/mol. The Balaban J connectivity index is 4.34. The lowest BCUT2D eigenvalue weighted by molar-refractivity contribution is 0.575. The highest BCUT2D eigenvalue weighted by Crippen LogP contribution is 2.33. The minimum atomic E-state index is -4.57. The van der Waals surface area contributed by atoms with Crippen LogP contribution in [0, 0.1) is 0 Å². The molecule has 0 rings (SSSR count). The third kappa shape index (κ3) is 5.21. The highest BCUT2D eigenvalue weighted by molar-refractivity contribution is 8.13. The fraction of sp³-hybridized carbons (Fsp3) is 1.00. The zero-order chi connectivity index (χ0) is 14.4. The van der Waals surface area contributed by atoms with Gasteiger partial charge in [-0.3, -0.25) is 0 Å². The minimum absolute atomic E-state index is 0.322. The number of halogens is 2. The molecule has 0 atom stereocenters. The third-order valence-electron chi connectivity index (χ3n) is 2.46. The minimum Gasteiger partial charge on any atom is -0.225 e. The number of unbranched alkanes of at least 4 members (excludes halogenated alkanes) is 5. The van der Waals surface area contributed by atoms with Gasteiger partial charge in [0.1, 0.15) is 0 Å². The number of sulfone groups is 1. The van der Waals surface area contributed by atoms with Gasteiger partial charge in [-0.05, 0) is 6.42 Å². The lowest BCUT2D eigenvalue weighted by Gasteiger charge is -2.17. The van der Waals surface area contributed by atoms with Crippen molar-refractivity contribution in [1.82, 2.24) is 0 Å². The monoisotopic (exact) mass is 339 g/mol. The Bertz CT molecular complexity index is 445. The van der Waals surface area contributed by atoms with Crippen LogP contribution in [0.1, 0.15) is 45.4 Å². The SMILES string of the molecule is CCCCCCCCS(=O)(=O)C(Cl)(Cl)S(N)(=O)=O. The Kier molecular flexibility index (Phi) is 7.46. The van der Waals surface area contributed by atoms with E-state index in [1.54, 1.807) is 0 Å². The van der Waals surface area contributed by atoms with Gasteiger partial charge in [-0.2, -0.15) is 0 Å². The van der Waals surface area contributed by atoms with Crippen LogP contribution in [-0.2, 0) is 19.9 Å². The van der Waals surface area contributed by atoms with Crippen LogP contribution >= 0.6 is 23.2 Å². The molecule has 0 aromatic rings. The second kappa shape index (κ2) is 7.28. The van der Waals surface area contributed by atoms with E-state index in [0.717, 1.165) is 25.7 Å². The fourth-order valence-electron chi connectivity index (χ4n) is 1.37. The van der Waals surface area contributed by atoms with Crippen LogP contribution in [0.15, 0.2) is 0 Å². The summed E-state index contributed by atoms with van der Waals surface area (Å²) in [7, 11) is -8.76. The highest BCUT2D eigenvalue weighted by atomic mass is 35.5. The first-order valence-corrected chi connectivity index (χ1v) is 9.64. The Hall–Kier alpha value is 0.440. The van der Waals surface area contributed by atoms with Gasteiger partial charge >= 0.3 is 3.00 Å². The number of nitrogens with two attached hydrogens (primary N) is 1. The van der Waals surface area contributed by atoms with Crippen LogP contribution in [0.4, 0.5) is 0 Å². The van der Waals surface area contributed by atoms with Crippen molar-refractivity contribution in [3.63, 3.8) is 0 Å². The van der Waals surface area contributed by atoms with Gasteiger partial charge in [0.25, 0.3) is 10.0 Å². The van der Waals surface area contributed by atoms with E-state index >= 15 is 0 Å². The molecule has 18 heavy (non-hydrogen) atoms. The second-order valence-corrected chi connectivity index (χ2v) is 10.5. The number of primary sulfonamides is 1. The molecule has 0 aromatic carbocycles. The molecule has 0 amide bonds. The topological polar surface area (TPSA) is 94.3 Å². The Morgan fingerprint density at radius 2 is 1.39 bits per heavy atom. The average molecular weight is 340 g/mol. The molecule has 9 heteroatoms. The zero-order valence-corrected chi connectivity index (χ0v) is 13.4. The Morgan fingerprint density at radius 1 is 0.944 bits per heavy atom. The molecule has 2 N–H and O–H groups in total. The Labute approximate surface area is 119 Å². The number of hydrogen-bond acceptors (Lipinski definition) is 4. The normalized spacial score (nSPS) is 13.8. The van der Waals surface area contributed by atoms with Crippen LogP contribution < -0.4 is 5.14 Å². The summed E-state index contributed by atoms with van der Waals surface area (Å²) in [4.78, 5) is 0. The van der Waals surface area contributed by atoms with Crippen molar-refractivity contribution >= 4 is 43.1 Å². The molecule has 0 fully saturated rings. The number of rotatable bonds is 9. The molecule has 0 spiro atoms. The molecule has 0 unspecified atom stereocenters. The van der Waals surface area contributed by atoms with Gasteiger partial charge in [0.2, 0.25) is 9.84 Å². The van der Waals surface area contributed by atoms with Crippen molar-refractivity contribution < 1.29 is 16.8 Å². The summed E-state index contributed by atoms with van der Waals surface area (Å²) >= 11 is 10.7. The standard InChI is InChI=1S/C9H19Cl2NO4S2/c1-2-3-4-5-6-7-8-17(13,14)9(10,11)18(12,15)16/h2-8H2,1H3,(H2,12,15,16). The van der Waals surface area contributed by atoms with Crippen molar-refractivity contribution in [2.45, 2.75) is 48.4 Å². The van der Waals surface area contributed by atoms with Gasteiger partial charge in [-0.25, -0.2) is 22.0 Å². The summed E-state index contributed by atoms with van der Waals surface area (Å²) in [5.41, 5.74) is 0. The largest absolute Gasteiger partial charge is 0.332 e. The summed E-state index contributed by atoms with van der Waals surface area (Å²) in [6.07, 6.45) is 5.13. The van der Waals surface area contributed by atoms with Crippen molar-refractivity contribution in [3.8, 4) is 0 Å². The molecule has 5 nitrogen and oxygen atoms in total. The first kappa shape index (κ1) is 18.4. The quantitative estimate of drug-likeness (QED) is 0.514.